The molecule has 1 atom stereocenters. The molecule has 2 heterocycles. The van der Waals surface area contributed by atoms with Gasteiger partial charge in [-0.15, -0.1) is 11.3 Å². The van der Waals surface area contributed by atoms with Gasteiger partial charge in [-0.25, -0.2) is 4.98 Å². The van der Waals surface area contributed by atoms with Gasteiger partial charge in [-0.2, -0.15) is 0 Å². The molecule has 4 aromatic rings. The van der Waals surface area contributed by atoms with E-state index in [0.29, 0.717) is 5.13 Å². The summed E-state index contributed by atoms with van der Waals surface area (Å²) in [6.07, 6.45) is 3.64. The van der Waals surface area contributed by atoms with Crippen molar-refractivity contribution < 1.29 is 9.59 Å². The fraction of sp³-hybridized carbons (Fsp3) is 0.200. The van der Waals surface area contributed by atoms with Crippen LogP contribution in [-0.2, 0) is 16.0 Å². The lowest BCUT2D eigenvalue weighted by molar-refractivity contribution is -0.127. The van der Waals surface area contributed by atoms with Crippen molar-refractivity contribution >= 4 is 39.1 Å². The van der Waals surface area contributed by atoms with Crippen LogP contribution >= 0.6 is 11.3 Å². The van der Waals surface area contributed by atoms with Crippen molar-refractivity contribution in [2.45, 2.75) is 26.3 Å². The van der Waals surface area contributed by atoms with Crippen molar-refractivity contribution in [3.8, 4) is 11.3 Å². The Labute approximate surface area is 190 Å². The molecule has 32 heavy (non-hydrogen) atoms. The van der Waals surface area contributed by atoms with E-state index in [1.165, 1.54) is 11.3 Å². The molecule has 0 radical (unpaired) electrons. The average Bonchev–Trinajstić information content (AvgIpc) is 3.26. The summed E-state index contributed by atoms with van der Waals surface area (Å²) in [5.41, 5.74) is 2.54. The highest BCUT2D eigenvalue weighted by molar-refractivity contribution is 7.14. The molecule has 0 saturated heterocycles. The van der Waals surface area contributed by atoms with Gasteiger partial charge in [-0.05, 0) is 34.4 Å². The number of benzene rings is 2. The van der Waals surface area contributed by atoms with E-state index >= 15 is 0 Å². The van der Waals surface area contributed by atoms with Crippen LogP contribution < -0.4 is 10.6 Å². The molecule has 0 aliphatic rings. The Balaban J connectivity index is 1.40. The lowest BCUT2D eigenvalue weighted by atomic mass is 10.0. The first kappa shape index (κ1) is 21.6. The van der Waals surface area contributed by atoms with E-state index in [1.54, 1.807) is 12.4 Å². The molecular weight excluding hydrogens is 420 g/mol. The van der Waals surface area contributed by atoms with Gasteiger partial charge < -0.3 is 10.6 Å². The Morgan fingerprint density at radius 3 is 2.59 bits per heavy atom. The minimum Gasteiger partial charge on any atom is -0.344 e. The van der Waals surface area contributed by atoms with Gasteiger partial charge >= 0.3 is 0 Å². The number of hydrogen-bond acceptors (Lipinski definition) is 5. The van der Waals surface area contributed by atoms with Crippen LogP contribution in [0.2, 0.25) is 0 Å². The maximum absolute atomic E-state index is 12.9. The number of fused-ring (bicyclic) bond motifs is 1. The van der Waals surface area contributed by atoms with Gasteiger partial charge in [0.2, 0.25) is 11.8 Å². The Morgan fingerprint density at radius 1 is 1.03 bits per heavy atom. The maximum Gasteiger partial charge on any atom is 0.248 e. The van der Waals surface area contributed by atoms with Crippen molar-refractivity contribution in [1.82, 2.24) is 15.3 Å². The summed E-state index contributed by atoms with van der Waals surface area (Å²) in [4.78, 5) is 34.2. The van der Waals surface area contributed by atoms with Gasteiger partial charge in [-0.1, -0.05) is 56.3 Å². The second-order valence-electron chi connectivity index (χ2n) is 7.92. The van der Waals surface area contributed by atoms with E-state index in [2.05, 4.69) is 20.6 Å². The second kappa shape index (κ2) is 9.70. The van der Waals surface area contributed by atoms with Crippen molar-refractivity contribution in [3.05, 3.63) is 77.9 Å². The molecule has 6 nitrogen and oxygen atoms in total. The molecule has 0 spiro atoms. The summed E-state index contributed by atoms with van der Waals surface area (Å²) in [6.45, 7) is 3.81. The molecule has 2 aromatic carbocycles. The Bertz CT molecular complexity index is 1240. The number of aromatic nitrogens is 2. The fourth-order valence-electron chi connectivity index (χ4n) is 3.45. The first-order chi connectivity index (χ1) is 15.5. The van der Waals surface area contributed by atoms with Crippen molar-refractivity contribution in [3.63, 3.8) is 0 Å². The van der Waals surface area contributed by atoms with Gasteiger partial charge in [0.05, 0.1) is 12.1 Å². The molecule has 2 aromatic heterocycles. The number of hydrogen-bond donors (Lipinski definition) is 2. The number of pyridine rings is 1. The molecular formula is C25H24N4O2S. The van der Waals surface area contributed by atoms with Gasteiger partial charge in [0, 0.05) is 23.3 Å². The van der Waals surface area contributed by atoms with Crippen LogP contribution in [0.5, 0.6) is 0 Å². The predicted molar refractivity (Wildman–Crippen MR) is 128 cm³/mol. The normalized spacial score (nSPS) is 12.0. The third-order valence-electron chi connectivity index (χ3n) is 5.14. The number of amides is 2. The van der Waals surface area contributed by atoms with Crippen LogP contribution in [-0.4, -0.2) is 27.8 Å². The van der Waals surface area contributed by atoms with E-state index in [-0.39, 0.29) is 24.2 Å². The zero-order valence-electron chi connectivity index (χ0n) is 17.9. The molecule has 0 bridgehead atoms. The number of rotatable bonds is 7. The number of nitrogens with one attached hydrogen (secondary N) is 2. The molecule has 162 valence electrons. The van der Waals surface area contributed by atoms with Crippen LogP contribution in [0.15, 0.2) is 72.4 Å². The average molecular weight is 445 g/mol. The molecule has 0 aliphatic heterocycles. The number of carbonyl (C=O) groups is 2. The molecule has 0 saturated carbocycles. The van der Waals surface area contributed by atoms with Gasteiger partial charge in [0.15, 0.2) is 5.13 Å². The topological polar surface area (TPSA) is 84.0 Å². The summed E-state index contributed by atoms with van der Waals surface area (Å²) in [7, 11) is 0. The second-order valence-corrected chi connectivity index (χ2v) is 8.77. The monoisotopic (exact) mass is 444 g/mol. The molecule has 2 amide bonds. The van der Waals surface area contributed by atoms with E-state index in [1.807, 2.05) is 73.8 Å². The summed E-state index contributed by atoms with van der Waals surface area (Å²) in [5, 5.41) is 10.3. The Kier molecular flexibility index (Phi) is 6.56. The lowest BCUT2D eigenvalue weighted by Gasteiger charge is -2.21. The molecule has 1 unspecified atom stereocenters. The van der Waals surface area contributed by atoms with Crippen molar-refractivity contribution in [2.75, 3.05) is 5.32 Å². The third kappa shape index (κ3) is 5.18. The summed E-state index contributed by atoms with van der Waals surface area (Å²) in [6, 6.07) is 17.1. The Morgan fingerprint density at radius 2 is 1.84 bits per heavy atom. The van der Waals surface area contributed by atoms with E-state index in [9.17, 15) is 9.59 Å². The molecule has 0 fully saturated rings. The smallest absolute Gasteiger partial charge is 0.248 e. The standard InChI is InChI=1S/C25H24N4O2S/c1-16(2)23(24(31)29-25-27-21(15-32-25)20-8-5-11-26-14-20)28-22(30)13-17-9-10-18-6-3-4-7-19(18)12-17/h3-12,14-16,23H,13H2,1-2H3,(H,28,30)(H,27,29,31). The van der Waals surface area contributed by atoms with Gasteiger partial charge in [-0.3, -0.25) is 14.6 Å². The van der Waals surface area contributed by atoms with Crippen LogP contribution in [0.1, 0.15) is 19.4 Å². The van der Waals surface area contributed by atoms with Crippen LogP contribution in [0.3, 0.4) is 0 Å². The van der Waals surface area contributed by atoms with Crippen molar-refractivity contribution in [1.29, 1.82) is 0 Å². The molecule has 0 aliphatic carbocycles. The maximum atomic E-state index is 12.9. The first-order valence-corrected chi connectivity index (χ1v) is 11.3. The molecule has 2 N–H and O–H groups in total. The van der Waals surface area contributed by atoms with E-state index in [4.69, 9.17) is 0 Å². The predicted octanol–water partition coefficient (Wildman–Crippen LogP) is 4.68. The van der Waals surface area contributed by atoms with E-state index in [0.717, 1.165) is 27.6 Å². The highest BCUT2D eigenvalue weighted by atomic mass is 32.1. The lowest BCUT2D eigenvalue weighted by Crippen LogP contribution is -2.47. The largest absolute Gasteiger partial charge is 0.344 e. The third-order valence-corrected chi connectivity index (χ3v) is 5.89. The summed E-state index contributed by atoms with van der Waals surface area (Å²) >= 11 is 1.34. The molecule has 4 rings (SSSR count). The fourth-order valence-corrected chi connectivity index (χ4v) is 4.18. The molecule has 7 heteroatoms. The SMILES string of the molecule is CC(C)C(NC(=O)Cc1ccc2ccccc2c1)C(=O)Nc1nc(-c2cccnc2)cs1. The summed E-state index contributed by atoms with van der Waals surface area (Å²) in [5.74, 6) is -0.545. The highest BCUT2D eigenvalue weighted by Crippen LogP contribution is 2.24. The van der Waals surface area contributed by atoms with Crippen LogP contribution in [0.25, 0.3) is 22.0 Å². The van der Waals surface area contributed by atoms with Gasteiger partial charge in [0.25, 0.3) is 0 Å². The Hall–Kier alpha value is -3.58. The number of nitrogens with zero attached hydrogens (tertiary/aromatic N) is 2. The van der Waals surface area contributed by atoms with Crippen LogP contribution in [0.4, 0.5) is 5.13 Å². The number of thiazole rings is 1. The minimum atomic E-state index is -0.659. The zero-order valence-corrected chi connectivity index (χ0v) is 18.7. The van der Waals surface area contributed by atoms with Crippen LogP contribution in [0, 0.1) is 5.92 Å². The number of anilines is 1. The summed E-state index contributed by atoms with van der Waals surface area (Å²) < 4.78 is 0. The van der Waals surface area contributed by atoms with Gasteiger partial charge in [0.1, 0.15) is 6.04 Å². The van der Waals surface area contributed by atoms with E-state index < -0.39 is 6.04 Å². The number of carbonyl (C=O) groups excluding carboxylic acids is 2. The minimum absolute atomic E-state index is 0.0756. The zero-order chi connectivity index (χ0) is 22.5. The highest BCUT2D eigenvalue weighted by Gasteiger charge is 2.25. The van der Waals surface area contributed by atoms with Crippen molar-refractivity contribution in [2.24, 2.45) is 5.92 Å². The quantitative estimate of drug-likeness (QED) is 0.433. The first-order valence-electron chi connectivity index (χ1n) is 10.4.